The number of halogens is 1. The van der Waals surface area contributed by atoms with Crippen LogP contribution in [0.1, 0.15) is 23.9 Å². The van der Waals surface area contributed by atoms with Crippen molar-refractivity contribution in [3.8, 4) is 0 Å². The van der Waals surface area contributed by atoms with Crippen LogP contribution in [0.4, 0.5) is 4.39 Å². The molecule has 0 saturated carbocycles. The molecule has 2 aromatic rings. The topological polar surface area (TPSA) is 90.0 Å². The lowest BCUT2D eigenvalue weighted by molar-refractivity contribution is -0.121. The summed E-state index contributed by atoms with van der Waals surface area (Å²) in [6.07, 6.45) is 3.53. The molecular weight excluding hydrogens is 331 g/mol. The van der Waals surface area contributed by atoms with Crippen molar-refractivity contribution in [2.45, 2.75) is 12.5 Å². The van der Waals surface area contributed by atoms with E-state index in [0.29, 0.717) is 17.1 Å². The van der Waals surface area contributed by atoms with Gasteiger partial charge in [0, 0.05) is 37.2 Å². The van der Waals surface area contributed by atoms with Crippen molar-refractivity contribution in [3.63, 3.8) is 0 Å². The van der Waals surface area contributed by atoms with Gasteiger partial charge in [0.2, 0.25) is 11.8 Å². The zero-order valence-corrected chi connectivity index (χ0v) is 14.1. The van der Waals surface area contributed by atoms with E-state index >= 15 is 0 Å². The van der Waals surface area contributed by atoms with Crippen LogP contribution in [0.25, 0.3) is 0 Å². The van der Waals surface area contributed by atoms with Crippen LogP contribution >= 0.6 is 11.8 Å². The van der Waals surface area contributed by atoms with Gasteiger partial charge in [-0.1, -0.05) is 18.2 Å². The van der Waals surface area contributed by atoms with E-state index in [1.54, 1.807) is 42.2 Å². The number of imidazole rings is 1. The number of nitrogens with two attached hydrogens (primary N) is 1. The van der Waals surface area contributed by atoms with Gasteiger partial charge in [0.1, 0.15) is 17.7 Å². The number of aryl methyl sites for hydroxylation is 1. The van der Waals surface area contributed by atoms with Gasteiger partial charge < -0.3 is 15.6 Å². The summed E-state index contributed by atoms with van der Waals surface area (Å²) in [7, 11) is 1.78. The predicted molar refractivity (Wildman–Crippen MR) is 90.7 cm³/mol. The van der Waals surface area contributed by atoms with E-state index in [1.807, 2.05) is 0 Å². The highest BCUT2D eigenvalue weighted by Gasteiger charge is 2.23. The molecular formula is C16H19FN4O2S. The Morgan fingerprint density at radius 2 is 2.17 bits per heavy atom. The Kier molecular flexibility index (Phi) is 6.36. The van der Waals surface area contributed by atoms with Crippen LogP contribution in [0, 0.1) is 5.82 Å². The lowest BCUT2D eigenvalue weighted by Crippen LogP contribution is -2.32. The molecule has 0 radical (unpaired) electrons. The molecule has 0 aliphatic carbocycles. The third kappa shape index (κ3) is 4.82. The van der Waals surface area contributed by atoms with Gasteiger partial charge in [0.25, 0.3) is 0 Å². The minimum Gasteiger partial charge on any atom is -0.369 e. The Hall–Kier alpha value is -2.35. The van der Waals surface area contributed by atoms with Crippen LogP contribution in [-0.4, -0.2) is 32.9 Å². The first-order valence-electron chi connectivity index (χ1n) is 7.36. The summed E-state index contributed by atoms with van der Waals surface area (Å²) in [4.78, 5) is 27.1. The van der Waals surface area contributed by atoms with Gasteiger partial charge >= 0.3 is 0 Å². The third-order valence-electron chi connectivity index (χ3n) is 3.36. The maximum Gasteiger partial charge on any atom is 0.227 e. The maximum absolute atomic E-state index is 14.2. The number of hydrogen-bond donors (Lipinski definition) is 2. The van der Waals surface area contributed by atoms with E-state index in [0.717, 1.165) is 0 Å². The minimum atomic E-state index is -0.681. The fourth-order valence-electron chi connectivity index (χ4n) is 2.22. The zero-order valence-electron chi connectivity index (χ0n) is 13.2. The molecule has 0 spiro atoms. The molecule has 1 heterocycles. The number of aromatic nitrogens is 2. The SMILES string of the molecule is Cn1ccnc1C(NC(=O)CCSCC(N)=O)c1ccccc1F. The number of carbonyl (C=O) groups excluding carboxylic acids is 2. The lowest BCUT2D eigenvalue weighted by Gasteiger charge is -2.19. The smallest absolute Gasteiger partial charge is 0.227 e. The number of thioether (sulfide) groups is 1. The number of benzene rings is 1. The quantitative estimate of drug-likeness (QED) is 0.704. The average Bonchev–Trinajstić information content (AvgIpc) is 2.96. The number of nitrogens with zero attached hydrogens (tertiary/aromatic N) is 2. The van der Waals surface area contributed by atoms with Crippen LogP contribution < -0.4 is 11.1 Å². The fourth-order valence-corrected chi connectivity index (χ4v) is 2.89. The van der Waals surface area contributed by atoms with Crippen molar-refractivity contribution in [1.29, 1.82) is 0 Å². The van der Waals surface area contributed by atoms with E-state index in [4.69, 9.17) is 5.73 Å². The number of carbonyl (C=O) groups is 2. The van der Waals surface area contributed by atoms with Crippen molar-refractivity contribution in [2.75, 3.05) is 11.5 Å². The number of amides is 2. The number of rotatable bonds is 8. The molecule has 1 atom stereocenters. The van der Waals surface area contributed by atoms with Crippen molar-refractivity contribution in [3.05, 3.63) is 53.9 Å². The second-order valence-electron chi connectivity index (χ2n) is 5.19. The Labute approximate surface area is 143 Å². The number of primary amides is 1. The summed E-state index contributed by atoms with van der Waals surface area (Å²) in [5, 5.41) is 2.81. The van der Waals surface area contributed by atoms with Gasteiger partial charge in [0.05, 0.1) is 5.75 Å². The largest absolute Gasteiger partial charge is 0.369 e. The number of nitrogens with one attached hydrogen (secondary N) is 1. The normalized spacial score (nSPS) is 11.9. The van der Waals surface area contributed by atoms with Crippen LogP contribution in [-0.2, 0) is 16.6 Å². The molecule has 0 fully saturated rings. The van der Waals surface area contributed by atoms with Crippen LogP contribution in [0.2, 0.25) is 0 Å². The first-order valence-corrected chi connectivity index (χ1v) is 8.51. The highest BCUT2D eigenvalue weighted by atomic mass is 32.2. The first kappa shape index (κ1) is 18.0. The molecule has 2 rings (SSSR count). The van der Waals surface area contributed by atoms with Crippen LogP contribution in [0.15, 0.2) is 36.7 Å². The molecule has 0 saturated heterocycles. The summed E-state index contributed by atoms with van der Waals surface area (Å²) < 4.78 is 15.9. The highest BCUT2D eigenvalue weighted by Crippen LogP contribution is 2.23. The summed E-state index contributed by atoms with van der Waals surface area (Å²) in [5.74, 6) is 0.0935. The Balaban J connectivity index is 2.10. The van der Waals surface area contributed by atoms with Crippen molar-refractivity contribution in [2.24, 2.45) is 12.8 Å². The summed E-state index contributed by atoms with van der Waals surface area (Å²) in [6.45, 7) is 0. The van der Waals surface area contributed by atoms with Gasteiger partial charge in [-0.2, -0.15) is 11.8 Å². The molecule has 2 amide bonds. The first-order chi connectivity index (χ1) is 11.5. The van der Waals surface area contributed by atoms with E-state index in [9.17, 15) is 14.0 Å². The van der Waals surface area contributed by atoms with Crippen molar-refractivity contribution in [1.82, 2.24) is 14.9 Å². The molecule has 128 valence electrons. The second kappa shape index (κ2) is 8.49. The molecule has 6 nitrogen and oxygen atoms in total. The zero-order chi connectivity index (χ0) is 17.5. The highest BCUT2D eigenvalue weighted by molar-refractivity contribution is 7.99. The molecule has 0 bridgehead atoms. The standard InChI is InChI=1S/C16H19FN4O2S/c1-21-8-7-19-16(21)15(11-4-2-3-5-12(11)17)20-14(23)6-9-24-10-13(18)22/h2-5,7-8,15H,6,9-10H2,1H3,(H2,18,22)(H,20,23). The summed E-state index contributed by atoms with van der Waals surface area (Å²) in [6, 6.07) is 5.59. The lowest BCUT2D eigenvalue weighted by atomic mass is 10.1. The van der Waals surface area contributed by atoms with E-state index < -0.39 is 17.8 Å². The summed E-state index contributed by atoms with van der Waals surface area (Å²) >= 11 is 1.29. The van der Waals surface area contributed by atoms with Crippen molar-refractivity contribution < 1.29 is 14.0 Å². The van der Waals surface area contributed by atoms with Gasteiger partial charge in [-0.25, -0.2) is 9.37 Å². The average molecular weight is 350 g/mol. The summed E-state index contributed by atoms with van der Waals surface area (Å²) in [5.41, 5.74) is 5.40. The molecule has 3 N–H and O–H groups in total. The molecule has 1 aromatic carbocycles. The Morgan fingerprint density at radius 1 is 1.42 bits per heavy atom. The second-order valence-corrected chi connectivity index (χ2v) is 6.29. The van der Waals surface area contributed by atoms with Crippen LogP contribution in [0.5, 0.6) is 0 Å². The van der Waals surface area contributed by atoms with Gasteiger partial charge in [-0.3, -0.25) is 9.59 Å². The molecule has 8 heteroatoms. The minimum absolute atomic E-state index is 0.170. The Morgan fingerprint density at radius 3 is 2.79 bits per heavy atom. The van der Waals surface area contributed by atoms with Gasteiger partial charge in [0.15, 0.2) is 0 Å². The van der Waals surface area contributed by atoms with E-state index in [1.165, 1.54) is 17.8 Å². The van der Waals surface area contributed by atoms with Gasteiger partial charge in [-0.05, 0) is 6.07 Å². The molecule has 1 aromatic heterocycles. The maximum atomic E-state index is 14.2. The molecule has 1 unspecified atom stereocenters. The van der Waals surface area contributed by atoms with E-state index in [2.05, 4.69) is 10.3 Å². The molecule has 24 heavy (non-hydrogen) atoms. The predicted octanol–water partition coefficient (Wildman–Crippen LogP) is 1.37. The van der Waals surface area contributed by atoms with Crippen molar-refractivity contribution >= 4 is 23.6 Å². The van der Waals surface area contributed by atoms with Gasteiger partial charge in [-0.15, -0.1) is 0 Å². The fraction of sp³-hybridized carbons (Fsp3) is 0.312. The Bertz CT molecular complexity index is 720. The van der Waals surface area contributed by atoms with E-state index in [-0.39, 0.29) is 18.1 Å². The molecule has 0 aliphatic rings. The third-order valence-corrected chi connectivity index (χ3v) is 4.34. The number of hydrogen-bond acceptors (Lipinski definition) is 4. The molecule has 0 aliphatic heterocycles. The van der Waals surface area contributed by atoms with Crippen LogP contribution in [0.3, 0.4) is 0 Å². The monoisotopic (exact) mass is 350 g/mol.